The second-order valence-corrected chi connectivity index (χ2v) is 9.09. The minimum atomic E-state index is -4.84. The molecule has 0 aliphatic carbocycles. The van der Waals surface area contributed by atoms with Crippen molar-refractivity contribution in [1.82, 2.24) is 0 Å². The molecule has 0 fully saturated rings. The third kappa shape index (κ3) is 4.86. The molecule has 0 saturated carbocycles. The number of carbonyl (C=O) groups is 1. The fourth-order valence-corrected chi connectivity index (χ4v) is 4.08. The third-order valence-corrected chi connectivity index (χ3v) is 5.80. The molecule has 3 aromatic carbocycles. The van der Waals surface area contributed by atoms with Crippen LogP contribution in [0.25, 0.3) is 10.8 Å². The predicted molar refractivity (Wildman–Crippen MR) is 110 cm³/mol. The van der Waals surface area contributed by atoms with E-state index in [0.717, 1.165) is 18.2 Å². The van der Waals surface area contributed by atoms with Crippen LogP contribution >= 0.6 is 0 Å². The summed E-state index contributed by atoms with van der Waals surface area (Å²) < 4.78 is 66.1. The first-order chi connectivity index (χ1) is 14.4. The summed E-state index contributed by atoms with van der Waals surface area (Å²) in [5.41, 5.74) is -0.995. The number of hydrogen-bond acceptors (Lipinski definition) is 8. The Hall–Kier alpha value is -3.39. The van der Waals surface area contributed by atoms with Crippen LogP contribution in [0, 0.1) is 0 Å². The first-order valence-electron chi connectivity index (χ1n) is 8.41. The number of nitrogens with one attached hydrogen (secondary N) is 1. The Labute approximate surface area is 176 Å². The summed E-state index contributed by atoms with van der Waals surface area (Å²) in [4.78, 5) is 9.69. The van der Waals surface area contributed by atoms with Crippen LogP contribution in [0.4, 0.5) is 17.1 Å². The average molecular weight is 465 g/mol. The standard InChI is InChI=1S/C18H15N3O8S2/c1-10(22)19-12-6-7-14(15(9-12)30(24,25)26)20-21-17-16(31(27,28)29)8-11-4-2-3-5-13(11)18(17)23/h2-9,23H,1H3,(H,19,22)(H,24,25,26)(H,27,28,29). The fourth-order valence-electron chi connectivity index (χ4n) is 2.77. The number of fused-ring (bicyclic) bond motifs is 1. The van der Waals surface area contributed by atoms with Gasteiger partial charge in [-0.25, -0.2) is 0 Å². The molecule has 3 aromatic rings. The van der Waals surface area contributed by atoms with Crippen molar-refractivity contribution >= 4 is 54.0 Å². The van der Waals surface area contributed by atoms with Gasteiger partial charge in [-0.1, -0.05) is 24.3 Å². The number of hydrogen-bond donors (Lipinski definition) is 4. The van der Waals surface area contributed by atoms with Gasteiger partial charge in [0.2, 0.25) is 5.91 Å². The van der Waals surface area contributed by atoms with Crippen molar-refractivity contribution in [1.29, 1.82) is 0 Å². The van der Waals surface area contributed by atoms with Gasteiger partial charge in [-0.2, -0.15) is 16.8 Å². The van der Waals surface area contributed by atoms with E-state index in [1.807, 2.05) is 0 Å². The number of phenols is 1. The molecule has 1 amide bonds. The second-order valence-electron chi connectivity index (χ2n) is 6.31. The van der Waals surface area contributed by atoms with Crippen molar-refractivity contribution in [2.24, 2.45) is 10.2 Å². The normalized spacial score (nSPS) is 12.4. The number of anilines is 1. The van der Waals surface area contributed by atoms with E-state index in [4.69, 9.17) is 0 Å². The Morgan fingerprint density at radius 2 is 1.55 bits per heavy atom. The zero-order chi connectivity index (χ0) is 23.0. The van der Waals surface area contributed by atoms with E-state index in [1.165, 1.54) is 25.1 Å². The summed E-state index contributed by atoms with van der Waals surface area (Å²) in [5, 5.41) is 20.6. The minimum absolute atomic E-state index is 0.0475. The Bertz CT molecular complexity index is 1450. The Morgan fingerprint density at radius 1 is 0.903 bits per heavy atom. The number of azo groups is 1. The van der Waals surface area contributed by atoms with Gasteiger partial charge in [-0.05, 0) is 29.7 Å². The van der Waals surface area contributed by atoms with Gasteiger partial charge in [0.25, 0.3) is 20.2 Å². The van der Waals surface area contributed by atoms with Crippen LogP contribution in [-0.2, 0) is 25.0 Å². The molecular formula is C18H15N3O8S2. The van der Waals surface area contributed by atoms with Crippen LogP contribution in [-0.4, -0.2) is 37.0 Å². The highest BCUT2D eigenvalue weighted by molar-refractivity contribution is 7.86. The lowest BCUT2D eigenvalue weighted by molar-refractivity contribution is -0.114. The summed E-state index contributed by atoms with van der Waals surface area (Å²) in [6.07, 6.45) is 0. The number of phenolic OH excluding ortho intramolecular Hbond substituents is 1. The largest absolute Gasteiger partial charge is 0.505 e. The Morgan fingerprint density at radius 3 is 2.16 bits per heavy atom. The van der Waals surface area contributed by atoms with Crippen molar-refractivity contribution in [3.63, 3.8) is 0 Å². The maximum Gasteiger partial charge on any atom is 0.296 e. The number of carbonyl (C=O) groups excluding carboxylic acids is 1. The lowest BCUT2D eigenvalue weighted by atomic mass is 10.1. The molecule has 0 spiro atoms. The Kier molecular flexibility index (Phi) is 5.78. The maximum absolute atomic E-state index is 11.8. The summed E-state index contributed by atoms with van der Waals surface area (Å²) in [6.45, 7) is 1.19. The fraction of sp³-hybridized carbons (Fsp3) is 0.0556. The van der Waals surface area contributed by atoms with Crippen LogP contribution in [0.3, 0.4) is 0 Å². The topological polar surface area (TPSA) is 183 Å². The number of amides is 1. The van der Waals surface area contributed by atoms with Gasteiger partial charge in [0.1, 0.15) is 21.2 Å². The van der Waals surface area contributed by atoms with Gasteiger partial charge in [-0.3, -0.25) is 13.9 Å². The maximum atomic E-state index is 11.8. The first-order valence-corrected chi connectivity index (χ1v) is 11.3. The Balaban J connectivity index is 2.22. The third-order valence-electron chi connectivity index (χ3n) is 4.05. The molecule has 3 rings (SSSR count). The number of benzene rings is 3. The molecule has 0 radical (unpaired) electrons. The van der Waals surface area contributed by atoms with Crippen molar-refractivity contribution in [2.75, 3.05) is 5.32 Å². The predicted octanol–water partition coefficient (Wildman–Crippen LogP) is 3.41. The number of rotatable bonds is 5. The highest BCUT2D eigenvalue weighted by Gasteiger charge is 2.22. The van der Waals surface area contributed by atoms with Gasteiger partial charge >= 0.3 is 0 Å². The molecule has 0 aliphatic heterocycles. The van der Waals surface area contributed by atoms with E-state index in [2.05, 4.69) is 15.5 Å². The molecule has 31 heavy (non-hydrogen) atoms. The molecular weight excluding hydrogens is 450 g/mol. The van der Waals surface area contributed by atoms with Gasteiger partial charge in [0, 0.05) is 18.0 Å². The molecule has 0 bridgehead atoms. The van der Waals surface area contributed by atoms with Crippen LogP contribution in [0.1, 0.15) is 6.92 Å². The second kappa shape index (κ2) is 8.03. The van der Waals surface area contributed by atoms with Gasteiger partial charge < -0.3 is 10.4 Å². The van der Waals surface area contributed by atoms with Crippen molar-refractivity contribution in [3.05, 3.63) is 48.5 Å². The monoisotopic (exact) mass is 465 g/mol. The quantitative estimate of drug-likeness (QED) is 0.326. The highest BCUT2D eigenvalue weighted by Crippen LogP contribution is 2.41. The molecule has 4 N–H and O–H groups in total. The first kappa shape index (κ1) is 22.3. The summed E-state index contributed by atoms with van der Waals surface area (Å²) >= 11 is 0. The molecule has 0 saturated heterocycles. The molecule has 0 heterocycles. The molecule has 0 aliphatic rings. The summed E-state index contributed by atoms with van der Waals surface area (Å²) in [6, 6.07) is 10.5. The lowest BCUT2D eigenvalue weighted by Crippen LogP contribution is -2.07. The average Bonchev–Trinajstić information content (AvgIpc) is 2.66. The van der Waals surface area contributed by atoms with Gasteiger partial charge in [0.15, 0.2) is 5.75 Å². The van der Waals surface area contributed by atoms with E-state index in [9.17, 15) is 35.8 Å². The van der Waals surface area contributed by atoms with E-state index in [0.29, 0.717) is 5.39 Å². The SMILES string of the molecule is CC(=O)Nc1ccc(N=Nc2c(S(=O)(=O)O)cc3ccccc3c2O)c(S(=O)(=O)O)c1. The van der Waals surface area contributed by atoms with Crippen LogP contribution in [0.15, 0.2) is 68.6 Å². The highest BCUT2D eigenvalue weighted by atomic mass is 32.2. The summed E-state index contributed by atoms with van der Waals surface area (Å²) in [5.74, 6) is -1.10. The molecule has 0 atom stereocenters. The minimum Gasteiger partial charge on any atom is -0.505 e. The molecule has 0 unspecified atom stereocenters. The molecule has 162 valence electrons. The smallest absolute Gasteiger partial charge is 0.296 e. The van der Waals surface area contributed by atoms with Crippen molar-refractivity contribution < 1.29 is 35.8 Å². The molecule has 13 heteroatoms. The van der Waals surface area contributed by atoms with Crippen LogP contribution < -0.4 is 5.32 Å². The lowest BCUT2D eigenvalue weighted by Gasteiger charge is -2.09. The zero-order valence-corrected chi connectivity index (χ0v) is 17.3. The van der Waals surface area contributed by atoms with Gasteiger partial charge in [0.05, 0.1) is 0 Å². The molecule has 0 aromatic heterocycles. The van der Waals surface area contributed by atoms with Crippen molar-refractivity contribution in [3.8, 4) is 5.75 Å². The van der Waals surface area contributed by atoms with E-state index in [1.54, 1.807) is 12.1 Å². The van der Waals surface area contributed by atoms with Crippen LogP contribution in [0.5, 0.6) is 5.75 Å². The van der Waals surface area contributed by atoms with Gasteiger partial charge in [-0.15, -0.1) is 10.2 Å². The van der Waals surface area contributed by atoms with Crippen LogP contribution in [0.2, 0.25) is 0 Å². The summed E-state index contributed by atoms with van der Waals surface area (Å²) in [7, 11) is -9.65. The molecule has 11 nitrogen and oxygen atoms in total. The number of nitrogens with zero attached hydrogens (tertiary/aromatic N) is 2. The zero-order valence-electron chi connectivity index (χ0n) is 15.7. The van der Waals surface area contributed by atoms with E-state index >= 15 is 0 Å². The van der Waals surface area contributed by atoms with Crippen molar-refractivity contribution in [2.45, 2.75) is 16.7 Å². The number of aromatic hydroxyl groups is 1. The van der Waals surface area contributed by atoms with E-state index < -0.39 is 53.1 Å². The van der Waals surface area contributed by atoms with E-state index in [-0.39, 0.29) is 11.1 Å².